The summed E-state index contributed by atoms with van der Waals surface area (Å²) < 4.78 is 43.9. The number of ether oxygens (including phenoxy) is 3. The van der Waals surface area contributed by atoms with Crippen molar-refractivity contribution in [2.24, 2.45) is 11.3 Å². The molecule has 3 aliphatic heterocycles. The molecule has 4 aliphatic rings. The van der Waals surface area contributed by atoms with Crippen molar-refractivity contribution in [2.45, 2.75) is 136 Å². The standard InChI is InChI=1S/C53H66FN5O8Si/c1-51(2,3)48(60)66-36-26-32-18-13-14-21-37(32)39(29-36)42-33(19-15-23-55)27-40-44(43(42)54)56-47(64-31-35-20-16-24-57(35)10)38(22-17-25-65-68(11,12)53(7,8)9)46(40)59(50(63)67-52(4,5)6)45-34-28-41(45)58(30-34)49(61)62/h13-14,18,21,26-27,29,34-35,41,45H,15-16,19-20,24-25,28,30-31H2,1-12H3,(H,61,62)/t34?,35-,41?,45?/m0/s1. The van der Waals surface area contributed by atoms with Crippen LogP contribution in [0.4, 0.5) is 19.7 Å². The fourth-order valence-corrected chi connectivity index (χ4v) is 9.98. The Labute approximate surface area is 401 Å². The number of amides is 2. The molecule has 4 heterocycles. The molecular formula is C53H66FN5O8Si. The van der Waals surface area contributed by atoms with Crippen LogP contribution in [0.15, 0.2) is 42.5 Å². The Kier molecular flexibility index (Phi) is 14.0. The molecule has 68 heavy (non-hydrogen) atoms. The fraction of sp³-hybridized carbons (Fsp3) is 0.528. The van der Waals surface area contributed by atoms with Gasteiger partial charge >= 0.3 is 18.2 Å². The quantitative estimate of drug-likeness (QED) is 0.0661. The molecule has 2 bridgehead atoms. The van der Waals surface area contributed by atoms with Crippen LogP contribution in [0.25, 0.3) is 32.8 Å². The zero-order chi connectivity index (χ0) is 49.7. The Morgan fingerprint density at radius 1 is 1.03 bits per heavy atom. The molecule has 15 heteroatoms. The van der Waals surface area contributed by atoms with Gasteiger partial charge in [-0.05, 0) is 139 Å². The van der Waals surface area contributed by atoms with Gasteiger partial charge in [0.1, 0.15) is 29.0 Å². The number of likely N-dealkylation sites (tertiary alicyclic amines) is 1. The van der Waals surface area contributed by atoms with Gasteiger partial charge in [0.25, 0.3) is 0 Å². The summed E-state index contributed by atoms with van der Waals surface area (Å²) in [6.45, 7) is 22.5. The van der Waals surface area contributed by atoms with Crippen LogP contribution >= 0.6 is 0 Å². The van der Waals surface area contributed by atoms with E-state index < -0.39 is 55.4 Å². The minimum absolute atomic E-state index is 0.00436. The molecule has 8 rings (SSSR count). The Morgan fingerprint density at radius 2 is 1.75 bits per heavy atom. The summed E-state index contributed by atoms with van der Waals surface area (Å²) >= 11 is 0. The van der Waals surface area contributed by atoms with Gasteiger partial charge < -0.3 is 33.5 Å². The SMILES string of the molecule is CN1CCC[C@H]1COc1nc2c(F)c(-c3cc(OC(=O)C(C)(C)C)cc4ccccc34)c(CCC#N)cc2c(N(C(=O)OC(C)(C)C)C2C3CC2N(C(=O)O)C3)c1C#CCO[Si](C)(C)C(C)(C)C. The number of nitriles is 1. The first kappa shape index (κ1) is 50.1. The van der Waals surface area contributed by atoms with E-state index in [-0.39, 0.29) is 88.9 Å². The Balaban J connectivity index is 1.57. The molecule has 3 unspecified atom stereocenters. The van der Waals surface area contributed by atoms with Gasteiger partial charge in [0.2, 0.25) is 5.88 Å². The molecule has 1 N–H and O–H groups in total. The summed E-state index contributed by atoms with van der Waals surface area (Å²) in [6.07, 6.45) is 0.600. The number of aryl methyl sites for hydroxylation is 1. The number of rotatable bonds is 11. The van der Waals surface area contributed by atoms with E-state index in [4.69, 9.17) is 23.6 Å². The number of carbonyl (C=O) groups excluding carboxylic acids is 2. The molecule has 1 aliphatic carbocycles. The van der Waals surface area contributed by atoms with Gasteiger partial charge in [0, 0.05) is 35.9 Å². The van der Waals surface area contributed by atoms with Crippen LogP contribution in [-0.2, 0) is 20.4 Å². The monoisotopic (exact) mass is 947 g/mol. The number of hydrogen-bond acceptors (Lipinski definition) is 10. The molecule has 3 saturated heterocycles. The van der Waals surface area contributed by atoms with Crippen molar-refractivity contribution in [1.29, 1.82) is 5.26 Å². The number of esters is 1. The first-order valence-corrected chi connectivity index (χ1v) is 26.5. The number of aromatic nitrogens is 1. The van der Waals surface area contributed by atoms with Crippen molar-refractivity contribution in [1.82, 2.24) is 14.8 Å². The van der Waals surface area contributed by atoms with Crippen molar-refractivity contribution in [3.05, 3.63) is 59.4 Å². The minimum atomic E-state index is -2.28. The molecule has 3 aromatic carbocycles. The van der Waals surface area contributed by atoms with E-state index in [1.54, 1.807) is 59.7 Å². The molecular weight excluding hydrogens is 882 g/mol. The van der Waals surface area contributed by atoms with E-state index in [0.717, 1.165) is 19.4 Å². The topological polar surface area (TPSA) is 155 Å². The van der Waals surface area contributed by atoms with Crippen LogP contribution in [-0.4, -0.2) is 103 Å². The van der Waals surface area contributed by atoms with Crippen LogP contribution in [0.5, 0.6) is 11.6 Å². The second-order valence-electron chi connectivity index (χ2n) is 22.0. The molecule has 2 amide bonds. The molecule has 1 aromatic heterocycles. The maximum Gasteiger partial charge on any atom is 0.415 e. The lowest BCUT2D eigenvalue weighted by Crippen LogP contribution is -2.58. The zero-order valence-electron chi connectivity index (χ0n) is 41.6. The average molecular weight is 948 g/mol. The highest BCUT2D eigenvalue weighted by molar-refractivity contribution is 6.74. The predicted octanol–water partition coefficient (Wildman–Crippen LogP) is 10.9. The molecule has 0 spiro atoms. The lowest BCUT2D eigenvalue weighted by atomic mass is 9.78. The lowest BCUT2D eigenvalue weighted by molar-refractivity contribution is -0.142. The number of halogens is 1. The molecule has 4 fully saturated rings. The number of nitrogens with zero attached hydrogens (tertiary/aromatic N) is 5. The third kappa shape index (κ3) is 10.2. The zero-order valence-corrected chi connectivity index (χ0v) is 42.6. The normalized spacial score (nSPS) is 19.6. The molecule has 0 radical (unpaired) electrons. The van der Waals surface area contributed by atoms with Gasteiger partial charge in [-0.3, -0.25) is 9.69 Å². The number of fused-ring (bicyclic) bond motifs is 3. The summed E-state index contributed by atoms with van der Waals surface area (Å²) in [6, 6.07) is 13.5. The summed E-state index contributed by atoms with van der Waals surface area (Å²) in [5.41, 5.74) is -0.590. The number of benzene rings is 3. The second kappa shape index (κ2) is 19.0. The highest BCUT2D eigenvalue weighted by Gasteiger charge is 2.59. The summed E-state index contributed by atoms with van der Waals surface area (Å²) in [5, 5.41) is 21.8. The van der Waals surface area contributed by atoms with Crippen molar-refractivity contribution in [2.75, 3.05) is 38.3 Å². The fourth-order valence-electron chi connectivity index (χ4n) is 9.12. The van der Waals surface area contributed by atoms with Crippen LogP contribution < -0.4 is 14.4 Å². The van der Waals surface area contributed by atoms with E-state index in [9.17, 15) is 20.0 Å². The van der Waals surface area contributed by atoms with E-state index in [2.05, 4.69) is 56.7 Å². The molecule has 1 saturated carbocycles. The van der Waals surface area contributed by atoms with Crippen LogP contribution in [0, 0.1) is 40.3 Å². The Bertz CT molecular complexity index is 2740. The summed E-state index contributed by atoms with van der Waals surface area (Å²) in [5.74, 6) is 5.24. The molecule has 4 aromatic rings. The van der Waals surface area contributed by atoms with E-state index in [1.807, 2.05) is 31.3 Å². The number of anilines is 1. The third-order valence-electron chi connectivity index (χ3n) is 13.9. The maximum atomic E-state index is 18.6. The first-order chi connectivity index (χ1) is 31.8. The Morgan fingerprint density at radius 3 is 2.37 bits per heavy atom. The summed E-state index contributed by atoms with van der Waals surface area (Å²) in [7, 11) is -0.253. The van der Waals surface area contributed by atoms with Crippen LogP contribution in [0.1, 0.15) is 99.1 Å². The van der Waals surface area contributed by atoms with Gasteiger partial charge in [0.05, 0.1) is 35.9 Å². The van der Waals surface area contributed by atoms with Gasteiger partial charge in [-0.25, -0.2) is 19.0 Å². The number of hydrogen-bond donors (Lipinski definition) is 1. The van der Waals surface area contributed by atoms with E-state index in [0.29, 0.717) is 28.3 Å². The maximum absolute atomic E-state index is 18.6. The molecule has 4 atom stereocenters. The smallest absolute Gasteiger partial charge is 0.415 e. The van der Waals surface area contributed by atoms with Gasteiger partial charge in [0.15, 0.2) is 14.1 Å². The first-order valence-electron chi connectivity index (χ1n) is 23.6. The van der Waals surface area contributed by atoms with Crippen molar-refractivity contribution in [3.63, 3.8) is 0 Å². The minimum Gasteiger partial charge on any atom is -0.475 e. The highest BCUT2D eigenvalue weighted by Crippen LogP contribution is 2.50. The number of pyridine rings is 1. The van der Waals surface area contributed by atoms with E-state index >= 15 is 9.18 Å². The number of likely N-dealkylation sites (N-methyl/N-ethyl adjacent to an activating group) is 1. The van der Waals surface area contributed by atoms with E-state index in [1.165, 1.54) is 9.80 Å². The van der Waals surface area contributed by atoms with Crippen molar-refractivity contribution >= 4 is 53.8 Å². The van der Waals surface area contributed by atoms with Crippen molar-refractivity contribution in [3.8, 4) is 40.7 Å². The van der Waals surface area contributed by atoms with Gasteiger partial charge in [-0.1, -0.05) is 56.9 Å². The van der Waals surface area contributed by atoms with Crippen molar-refractivity contribution < 1.29 is 42.5 Å². The highest BCUT2D eigenvalue weighted by atomic mass is 28.4. The van der Waals surface area contributed by atoms with Gasteiger partial charge in [-0.15, -0.1) is 0 Å². The summed E-state index contributed by atoms with van der Waals surface area (Å²) in [4.78, 5) is 51.0. The number of carbonyl (C=O) groups is 3. The van der Waals surface area contributed by atoms with Crippen LogP contribution in [0.3, 0.4) is 0 Å². The second-order valence-corrected chi connectivity index (χ2v) is 26.8. The van der Waals surface area contributed by atoms with Gasteiger partial charge in [-0.2, -0.15) is 5.26 Å². The molecule has 362 valence electrons. The van der Waals surface area contributed by atoms with Crippen LogP contribution in [0.2, 0.25) is 18.1 Å². The number of carboxylic acid groups (broad SMARTS) is 1. The predicted molar refractivity (Wildman–Crippen MR) is 264 cm³/mol. The lowest BCUT2D eigenvalue weighted by Gasteiger charge is -2.44. The average Bonchev–Trinajstić information content (AvgIpc) is 3.97. The third-order valence-corrected chi connectivity index (χ3v) is 18.4. The molecule has 13 nitrogen and oxygen atoms in total. The Hall–Kier alpha value is -5.74. The largest absolute Gasteiger partial charge is 0.475 e.